The molecule has 0 saturated heterocycles. The number of hydrogen-bond donors (Lipinski definition) is 1. The van der Waals surface area contributed by atoms with E-state index in [4.69, 9.17) is 0 Å². The second kappa shape index (κ2) is 6.40. The summed E-state index contributed by atoms with van der Waals surface area (Å²) in [7, 11) is 2.07. The normalized spacial score (nSPS) is 15.3. The third-order valence-electron chi connectivity index (χ3n) is 5.11. The van der Waals surface area contributed by atoms with E-state index in [2.05, 4.69) is 78.6 Å². The van der Waals surface area contributed by atoms with Crippen molar-refractivity contribution in [2.45, 2.75) is 38.1 Å². The fraction of sp³-hybridized carbons (Fsp3) is 0.318. The quantitative estimate of drug-likeness (QED) is 0.743. The summed E-state index contributed by atoms with van der Waals surface area (Å²) < 4.78 is 2.16. The molecular weight excluding hydrogens is 308 g/mol. The van der Waals surface area contributed by atoms with E-state index in [9.17, 15) is 4.79 Å². The van der Waals surface area contributed by atoms with Gasteiger partial charge in [0.2, 0.25) is 5.91 Å². The lowest BCUT2D eigenvalue weighted by atomic mass is 9.87. The smallest absolute Gasteiger partial charge is 0.221 e. The van der Waals surface area contributed by atoms with E-state index in [0.717, 1.165) is 12.8 Å². The lowest BCUT2D eigenvalue weighted by Gasteiger charge is -2.17. The summed E-state index contributed by atoms with van der Waals surface area (Å²) in [6.07, 6.45) is 4.91. The third-order valence-corrected chi connectivity index (χ3v) is 5.11. The Morgan fingerprint density at radius 2 is 1.88 bits per heavy atom. The number of nitrogens with zero attached hydrogens (tertiary/aromatic N) is 1. The highest BCUT2D eigenvalue weighted by atomic mass is 16.1. The van der Waals surface area contributed by atoms with Gasteiger partial charge in [0, 0.05) is 42.5 Å². The van der Waals surface area contributed by atoms with Crippen molar-refractivity contribution < 1.29 is 4.79 Å². The Bertz CT molecular complexity index is 903. The molecule has 1 amide bonds. The van der Waals surface area contributed by atoms with Crippen LogP contribution in [0.3, 0.4) is 0 Å². The molecule has 1 atom stereocenters. The SMILES string of the molecule is Cc1ccc([C@@H](CC(=O)NC2CC2)c2cn(C)c3ccccc23)cc1. The van der Waals surface area contributed by atoms with E-state index in [-0.39, 0.29) is 11.8 Å². The van der Waals surface area contributed by atoms with Gasteiger partial charge in [-0.15, -0.1) is 0 Å². The van der Waals surface area contributed by atoms with Gasteiger partial charge in [0.15, 0.2) is 0 Å². The van der Waals surface area contributed by atoms with Gasteiger partial charge in [0.25, 0.3) is 0 Å². The summed E-state index contributed by atoms with van der Waals surface area (Å²) in [5.74, 6) is 0.228. The first kappa shape index (κ1) is 15.9. The summed E-state index contributed by atoms with van der Waals surface area (Å²) in [5.41, 5.74) is 4.88. The van der Waals surface area contributed by atoms with Crippen LogP contribution in [0.15, 0.2) is 54.7 Å². The van der Waals surface area contributed by atoms with E-state index in [1.165, 1.54) is 27.6 Å². The zero-order chi connectivity index (χ0) is 17.4. The molecule has 1 fully saturated rings. The molecule has 0 aliphatic heterocycles. The minimum Gasteiger partial charge on any atom is -0.353 e. The molecule has 3 heteroatoms. The predicted octanol–water partition coefficient (Wildman–Crippen LogP) is 4.29. The molecule has 3 aromatic rings. The topological polar surface area (TPSA) is 34.0 Å². The van der Waals surface area contributed by atoms with Crippen LogP contribution in [0.25, 0.3) is 10.9 Å². The molecule has 2 aromatic carbocycles. The summed E-state index contributed by atoms with van der Waals surface area (Å²) in [6, 6.07) is 17.4. The highest BCUT2D eigenvalue weighted by Crippen LogP contribution is 2.35. The van der Waals surface area contributed by atoms with Gasteiger partial charge in [-0.2, -0.15) is 0 Å². The van der Waals surface area contributed by atoms with Crippen molar-refractivity contribution in [1.29, 1.82) is 0 Å². The van der Waals surface area contributed by atoms with E-state index in [0.29, 0.717) is 12.5 Å². The molecule has 0 radical (unpaired) electrons. The third kappa shape index (κ3) is 3.32. The van der Waals surface area contributed by atoms with E-state index in [1.807, 2.05) is 0 Å². The lowest BCUT2D eigenvalue weighted by Crippen LogP contribution is -2.27. The average molecular weight is 332 g/mol. The van der Waals surface area contributed by atoms with Crippen molar-refractivity contribution in [3.63, 3.8) is 0 Å². The zero-order valence-electron chi connectivity index (χ0n) is 14.8. The Morgan fingerprint density at radius 3 is 2.60 bits per heavy atom. The van der Waals surface area contributed by atoms with Crippen molar-refractivity contribution in [2.24, 2.45) is 7.05 Å². The maximum Gasteiger partial charge on any atom is 0.221 e. The summed E-state index contributed by atoms with van der Waals surface area (Å²) in [4.78, 5) is 12.5. The number of para-hydroxylation sites is 1. The van der Waals surface area contributed by atoms with Crippen LogP contribution in [0.5, 0.6) is 0 Å². The van der Waals surface area contributed by atoms with Crippen molar-refractivity contribution in [1.82, 2.24) is 9.88 Å². The van der Waals surface area contributed by atoms with Gasteiger partial charge in [-0.1, -0.05) is 48.0 Å². The molecule has 0 spiro atoms. The van der Waals surface area contributed by atoms with Crippen molar-refractivity contribution in [2.75, 3.05) is 0 Å². The number of amides is 1. The highest BCUT2D eigenvalue weighted by molar-refractivity contribution is 5.86. The fourth-order valence-corrected chi connectivity index (χ4v) is 3.56. The van der Waals surface area contributed by atoms with Gasteiger partial charge in [-0.25, -0.2) is 0 Å². The molecule has 1 heterocycles. The van der Waals surface area contributed by atoms with Gasteiger partial charge in [-0.3, -0.25) is 4.79 Å². The van der Waals surface area contributed by atoms with Gasteiger partial charge in [-0.05, 0) is 37.0 Å². The van der Waals surface area contributed by atoms with Crippen LogP contribution in [-0.4, -0.2) is 16.5 Å². The molecular formula is C22H24N2O. The molecule has 1 N–H and O–H groups in total. The van der Waals surface area contributed by atoms with Crippen molar-refractivity contribution >= 4 is 16.8 Å². The van der Waals surface area contributed by atoms with Crippen LogP contribution in [0, 0.1) is 6.92 Å². The second-order valence-corrected chi connectivity index (χ2v) is 7.22. The Kier molecular flexibility index (Phi) is 4.08. The molecule has 1 aliphatic carbocycles. The van der Waals surface area contributed by atoms with Crippen LogP contribution < -0.4 is 5.32 Å². The number of carbonyl (C=O) groups excluding carboxylic acids is 1. The minimum atomic E-state index is 0.0745. The standard InChI is InChI=1S/C22H24N2O/c1-15-7-9-16(10-8-15)19(13-22(25)23-17-11-12-17)20-14-24(2)21-6-4-3-5-18(20)21/h3-10,14,17,19H,11-13H2,1-2H3,(H,23,25)/t19-/m1/s1. The van der Waals surface area contributed by atoms with Crippen molar-refractivity contribution in [3.05, 3.63) is 71.4 Å². The van der Waals surface area contributed by atoms with Crippen LogP contribution in [0.4, 0.5) is 0 Å². The zero-order valence-corrected chi connectivity index (χ0v) is 14.8. The summed E-state index contributed by atoms with van der Waals surface area (Å²) in [6.45, 7) is 2.09. The Labute approximate surface area is 148 Å². The number of fused-ring (bicyclic) bond motifs is 1. The summed E-state index contributed by atoms with van der Waals surface area (Å²) in [5, 5.41) is 4.38. The lowest BCUT2D eigenvalue weighted by molar-refractivity contribution is -0.121. The van der Waals surface area contributed by atoms with Gasteiger partial charge >= 0.3 is 0 Å². The van der Waals surface area contributed by atoms with E-state index in [1.54, 1.807) is 0 Å². The number of carbonyl (C=O) groups is 1. The predicted molar refractivity (Wildman–Crippen MR) is 102 cm³/mol. The first-order valence-electron chi connectivity index (χ1n) is 9.01. The molecule has 4 rings (SSSR count). The number of nitrogens with one attached hydrogen (secondary N) is 1. The molecule has 128 valence electrons. The Morgan fingerprint density at radius 1 is 1.16 bits per heavy atom. The van der Waals surface area contributed by atoms with E-state index >= 15 is 0 Å². The minimum absolute atomic E-state index is 0.0745. The Hall–Kier alpha value is -2.55. The maximum atomic E-state index is 12.5. The number of aromatic nitrogens is 1. The number of rotatable bonds is 5. The first-order chi connectivity index (χ1) is 12.1. The fourth-order valence-electron chi connectivity index (χ4n) is 3.56. The number of hydrogen-bond acceptors (Lipinski definition) is 1. The highest BCUT2D eigenvalue weighted by Gasteiger charge is 2.27. The molecule has 1 saturated carbocycles. The molecule has 1 aliphatic rings. The molecule has 25 heavy (non-hydrogen) atoms. The summed E-state index contributed by atoms with van der Waals surface area (Å²) >= 11 is 0. The number of benzene rings is 2. The molecule has 1 aromatic heterocycles. The van der Waals surface area contributed by atoms with Gasteiger partial charge < -0.3 is 9.88 Å². The van der Waals surface area contributed by atoms with Crippen molar-refractivity contribution in [3.8, 4) is 0 Å². The van der Waals surface area contributed by atoms with Crippen LogP contribution in [-0.2, 0) is 11.8 Å². The van der Waals surface area contributed by atoms with Crippen LogP contribution >= 0.6 is 0 Å². The largest absolute Gasteiger partial charge is 0.353 e. The van der Waals surface area contributed by atoms with Gasteiger partial charge in [0.1, 0.15) is 0 Å². The molecule has 0 bridgehead atoms. The molecule has 3 nitrogen and oxygen atoms in total. The van der Waals surface area contributed by atoms with Crippen LogP contribution in [0.1, 0.15) is 41.9 Å². The van der Waals surface area contributed by atoms with E-state index < -0.39 is 0 Å². The Balaban J connectivity index is 1.75. The maximum absolute atomic E-state index is 12.5. The average Bonchev–Trinajstić information content (AvgIpc) is 3.36. The molecule has 0 unspecified atom stereocenters. The first-order valence-corrected chi connectivity index (χ1v) is 9.01. The number of aryl methyl sites for hydroxylation is 2. The monoisotopic (exact) mass is 332 g/mol. The van der Waals surface area contributed by atoms with Crippen LogP contribution in [0.2, 0.25) is 0 Å². The van der Waals surface area contributed by atoms with Gasteiger partial charge in [0.05, 0.1) is 0 Å². The second-order valence-electron chi connectivity index (χ2n) is 7.22.